The first kappa shape index (κ1) is 30.2. The fraction of sp³-hybridized carbons (Fsp3) is 0.382. The molecule has 3 heterocycles. The number of fused-ring (bicyclic) bond motifs is 2. The maximum atomic E-state index is 12.7. The summed E-state index contributed by atoms with van der Waals surface area (Å²) in [5.74, 6) is 2.41. The smallest absolute Gasteiger partial charge is 0.163 e. The van der Waals surface area contributed by atoms with Crippen LogP contribution in [0.5, 0.6) is 11.5 Å². The standard InChI is InChI=1S/C34H38N2O4S2/c1-3-23-9-11-28(37)19-29(38)12-10-26-18-32(40-2)31(39)17-27(26)15-25-16-30-33(36-21-25)35-14-13-34(30,42-41-22-23)20-24-7-5-4-6-8-24/h4-8,10,12,16-18,21,23,39H,3,9,11,13-15,19-20,22H2,1-2H3,(H,35,36)/b12-10+/t23-,34+/m1/s1. The van der Waals surface area contributed by atoms with Gasteiger partial charge in [-0.05, 0) is 78.1 Å². The van der Waals surface area contributed by atoms with Crippen LogP contribution in [-0.4, -0.2) is 41.1 Å². The maximum Gasteiger partial charge on any atom is 0.163 e. The number of phenolic OH excluding ortho intramolecular Hbond substituents is 1. The minimum atomic E-state index is -0.218. The van der Waals surface area contributed by atoms with E-state index in [1.54, 1.807) is 18.2 Å². The molecule has 2 N–H and O–H groups in total. The molecule has 0 saturated carbocycles. The summed E-state index contributed by atoms with van der Waals surface area (Å²) in [4.78, 5) is 30.3. The van der Waals surface area contributed by atoms with Gasteiger partial charge in [0.1, 0.15) is 11.6 Å². The van der Waals surface area contributed by atoms with E-state index in [0.717, 1.165) is 60.5 Å². The Kier molecular flexibility index (Phi) is 9.95. The van der Waals surface area contributed by atoms with Gasteiger partial charge in [0.05, 0.1) is 18.3 Å². The zero-order chi connectivity index (χ0) is 29.5. The highest BCUT2D eigenvalue weighted by Crippen LogP contribution is 2.53. The number of carbonyl (C=O) groups excluding carboxylic acids is 2. The number of rotatable bonds is 4. The number of aromatic nitrogens is 1. The van der Waals surface area contributed by atoms with Crippen molar-refractivity contribution < 1.29 is 19.4 Å². The maximum absolute atomic E-state index is 12.7. The topological polar surface area (TPSA) is 88.5 Å². The molecule has 2 bridgehead atoms. The summed E-state index contributed by atoms with van der Waals surface area (Å²) in [6, 6.07) is 16.3. The van der Waals surface area contributed by atoms with E-state index in [0.29, 0.717) is 24.5 Å². The molecule has 0 aliphatic carbocycles. The number of nitrogens with one attached hydrogen (secondary N) is 1. The lowest BCUT2D eigenvalue weighted by molar-refractivity contribution is -0.124. The first-order valence-electron chi connectivity index (χ1n) is 14.6. The number of nitrogens with zero attached hydrogens (tertiary/aromatic N) is 1. The lowest BCUT2D eigenvalue weighted by atomic mass is 9.85. The molecule has 8 heteroatoms. The number of ketones is 2. The Balaban J connectivity index is 1.59. The Morgan fingerprint density at radius 2 is 1.95 bits per heavy atom. The van der Waals surface area contributed by atoms with Crippen molar-refractivity contribution >= 4 is 45.0 Å². The monoisotopic (exact) mass is 602 g/mol. The molecule has 2 atom stereocenters. The van der Waals surface area contributed by atoms with Gasteiger partial charge in [-0.3, -0.25) is 9.59 Å². The van der Waals surface area contributed by atoms with Gasteiger partial charge in [-0.15, -0.1) is 0 Å². The molecule has 5 rings (SSSR count). The summed E-state index contributed by atoms with van der Waals surface area (Å²) in [6.07, 6.45) is 9.56. The second kappa shape index (κ2) is 13.8. The minimum Gasteiger partial charge on any atom is -0.504 e. The van der Waals surface area contributed by atoms with Gasteiger partial charge in [0.25, 0.3) is 0 Å². The van der Waals surface area contributed by atoms with Gasteiger partial charge in [0, 0.05) is 30.5 Å². The van der Waals surface area contributed by atoms with Crippen molar-refractivity contribution in [3.63, 3.8) is 0 Å². The number of pyridine rings is 1. The van der Waals surface area contributed by atoms with Crippen molar-refractivity contribution in [1.29, 1.82) is 0 Å². The molecular formula is C34H38N2O4S2. The summed E-state index contributed by atoms with van der Waals surface area (Å²) in [5.41, 5.74) is 5.11. The first-order chi connectivity index (χ1) is 20.4. The molecule has 0 radical (unpaired) electrons. The third-order valence-electron chi connectivity index (χ3n) is 8.18. The quantitative estimate of drug-likeness (QED) is 0.236. The van der Waals surface area contributed by atoms with Crippen molar-refractivity contribution in [1.82, 2.24) is 4.98 Å². The zero-order valence-electron chi connectivity index (χ0n) is 24.2. The number of methoxy groups -OCH3 is 1. The average molecular weight is 603 g/mol. The molecule has 6 nitrogen and oxygen atoms in total. The van der Waals surface area contributed by atoms with Gasteiger partial charge in [0.2, 0.25) is 0 Å². The van der Waals surface area contributed by atoms with Crippen LogP contribution in [0, 0.1) is 5.92 Å². The number of phenols is 1. The van der Waals surface area contributed by atoms with E-state index in [9.17, 15) is 14.7 Å². The molecule has 1 aromatic heterocycles. The number of Topliss-reactive ketones (excluding diaryl/α,β-unsaturated/α-hetero) is 1. The zero-order valence-corrected chi connectivity index (χ0v) is 25.9. The van der Waals surface area contributed by atoms with E-state index >= 15 is 0 Å². The molecule has 2 aromatic carbocycles. The average Bonchev–Trinajstić information content (AvgIpc) is 2.99. The molecule has 42 heavy (non-hydrogen) atoms. The van der Waals surface area contributed by atoms with Gasteiger partial charge in [-0.25, -0.2) is 4.98 Å². The van der Waals surface area contributed by atoms with Crippen molar-refractivity contribution in [3.05, 3.63) is 88.6 Å². The van der Waals surface area contributed by atoms with E-state index in [1.807, 2.05) is 27.8 Å². The molecule has 0 amide bonds. The van der Waals surface area contributed by atoms with Crippen LogP contribution in [0.2, 0.25) is 0 Å². The molecule has 220 valence electrons. The van der Waals surface area contributed by atoms with Gasteiger partial charge in [-0.2, -0.15) is 0 Å². The molecule has 0 saturated heterocycles. The molecular weight excluding hydrogens is 565 g/mol. The van der Waals surface area contributed by atoms with Gasteiger partial charge in [0.15, 0.2) is 17.3 Å². The Hall–Kier alpha value is -3.23. The highest BCUT2D eigenvalue weighted by Gasteiger charge is 2.39. The second-order valence-corrected chi connectivity index (χ2v) is 13.9. The van der Waals surface area contributed by atoms with Gasteiger partial charge >= 0.3 is 0 Å². The summed E-state index contributed by atoms with van der Waals surface area (Å²) in [7, 11) is 5.33. The van der Waals surface area contributed by atoms with Crippen LogP contribution in [0.15, 0.2) is 60.8 Å². The fourth-order valence-corrected chi connectivity index (χ4v) is 9.39. The third kappa shape index (κ3) is 7.21. The second-order valence-electron chi connectivity index (χ2n) is 11.2. The number of aromatic hydroxyl groups is 1. The van der Waals surface area contributed by atoms with E-state index in [2.05, 4.69) is 48.6 Å². The van der Waals surface area contributed by atoms with Crippen LogP contribution in [0.1, 0.15) is 66.8 Å². The largest absolute Gasteiger partial charge is 0.504 e. The summed E-state index contributed by atoms with van der Waals surface area (Å²) in [5, 5.41) is 14.1. The minimum absolute atomic E-state index is 0.0185. The SMILES string of the molecule is CC[C@@H]1CCC(=O)CC(=O)/C=C/c2cc(OC)c(O)cc2Cc2cnc3c(c2)[C@@](Cc2ccccc2)(CCN3)SSC1. The Bertz CT molecular complexity index is 1460. The van der Waals surface area contributed by atoms with Crippen molar-refractivity contribution in [2.45, 2.75) is 56.6 Å². The summed E-state index contributed by atoms with van der Waals surface area (Å²) in [6.45, 7) is 3.03. The predicted octanol–water partition coefficient (Wildman–Crippen LogP) is 7.38. The molecule has 3 aromatic rings. The summed E-state index contributed by atoms with van der Waals surface area (Å²) < 4.78 is 5.18. The van der Waals surface area contributed by atoms with E-state index in [-0.39, 0.29) is 28.5 Å². The number of carbonyl (C=O) groups is 2. The van der Waals surface area contributed by atoms with Crippen LogP contribution in [-0.2, 0) is 27.2 Å². The molecule has 2 aliphatic heterocycles. The lowest BCUT2D eigenvalue weighted by Crippen LogP contribution is -2.33. The summed E-state index contributed by atoms with van der Waals surface area (Å²) >= 11 is 0. The van der Waals surface area contributed by atoms with E-state index in [1.165, 1.54) is 24.3 Å². The lowest BCUT2D eigenvalue weighted by Gasteiger charge is -2.39. The van der Waals surface area contributed by atoms with Crippen LogP contribution in [0.3, 0.4) is 0 Å². The molecule has 0 fully saturated rings. The van der Waals surface area contributed by atoms with Gasteiger partial charge < -0.3 is 15.2 Å². The Morgan fingerprint density at radius 1 is 1.12 bits per heavy atom. The fourth-order valence-electron chi connectivity index (χ4n) is 5.69. The molecule has 2 aliphatic rings. The number of anilines is 1. The Morgan fingerprint density at radius 3 is 2.74 bits per heavy atom. The van der Waals surface area contributed by atoms with Crippen molar-refractivity contribution in [3.8, 4) is 11.5 Å². The molecule has 0 spiro atoms. The Labute approximate surface area is 256 Å². The number of allylic oxidation sites excluding steroid dienone is 1. The van der Waals surface area contributed by atoms with Crippen LogP contribution in [0.25, 0.3) is 6.08 Å². The first-order valence-corrected chi connectivity index (χ1v) is 16.9. The number of hydrogen-bond donors (Lipinski definition) is 2. The highest BCUT2D eigenvalue weighted by atomic mass is 33.1. The van der Waals surface area contributed by atoms with Gasteiger partial charge in [-0.1, -0.05) is 71.3 Å². The van der Waals surface area contributed by atoms with Crippen LogP contribution in [0.4, 0.5) is 5.82 Å². The number of hydrogen-bond acceptors (Lipinski definition) is 8. The normalized spacial score (nSPS) is 22.3. The third-order valence-corrected chi connectivity index (χ3v) is 11.5. The van der Waals surface area contributed by atoms with Crippen molar-refractivity contribution in [2.75, 3.05) is 24.7 Å². The van der Waals surface area contributed by atoms with Crippen LogP contribution < -0.4 is 10.1 Å². The van der Waals surface area contributed by atoms with Crippen LogP contribution >= 0.6 is 21.6 Å². The van der Waals surface area contributed by atoms with E-state index < -0.39 is 0 Å². The van der Waals surface area contributed by atoms with Crippen molar-refractivity contribution in [2.24, 2.45) is 5.92 Å². The van der Waals surface area contributed by atoms with E-state index in [4.69, 9.17) is 9.72 Å². The highest BCUT2D eigenvalue weighted by molar-refractivity contribution is 8.77. The molecule has 0 unspecified atom stereocenters. The predicted molar refractivity (Wildman–Crippen MR) is 173 cm³/mol. The number of ether oxygens (including phenoxy) is 1. The number of benzene rings is 2.